The van der Waals surface area contributed by atoms with E-state index in [2.05, 4.69) is 16.7 Å². The number of halogens is 1. The monoisotopic (exact) mass is 285 g/mol. The number of rotatable bonds is 3. The van der Waals surface area contributed by atoms with Crippen molar-refractivity contribution in [1.29, 1.82) is 0 Å². The largest absolute Gasteiger partial charge is 0.389 e. The molecule has 0 radical (unpaired) electrons. The van der Waals surface area contributed by atoms with E-state index in [0.717, 1.165) is 23.0 Å². The molecule has 2 nitrogen and oxygen atoms in total. The van der Waals surface area contributed by atoms with Gasteiger partial charge in [-0.2, -0.15) is 0 Å². The third-order valence-electron chi connectivity index (χ3n) is 3.52. The van der Waals surface area contributed by atoms with E-state index < -0.39 is 6.10 Å². The van der Waals surface area contributed by atoms with Crippen LogP contribution < -0.4 is 0 Å². The van der Waals surface area contributed by atoms with Gasteiger partial charge in [-0.25, -0.2) is 0 Å². The summed E-state index contributed by atoms with van der Waals surface area (Å²) in [6.45, 7) is 2.56. The van der Waals surface area contributed by atoms with Crippen molar-refractivity contribution in [3.8, 4) is 0 Å². The number of fused-ring (bicyclic) bond motifs is 1. The van der Waals surface area contributed by atoms with Gasteiger partial charge in [0.1, 0.15) is 0 Å². The van der Waals surface area contributed by atoms with Crippen LogP contribution in [0.4, 0.5) is 0 Å². The Hall–Kier alpha value is -1.77. The number of nitrogens with zero attached hydrogens (tertiary/aromatic N) is 1. The van der Waals surface area contributed by atoms with Crippen molar-refractivity contribution in [3.63, 3.8) is 0 Å². The molecule has 0 fully saturated rings. The maximum Gasteiger partial charge on any atom is 0.0782 e. The fraction of sp³-hybridized carbons (Fsp3) is 0.176. The Morgan fingerprint density at radius 1 is 1.15 bits per heavy atom. The smallest absolute Gasteiger partial charge is 0.0782 e. The van der Waals surface area contributed by atoms with Gasteiger partial charge in [-0.15, -0.1) is 0 Å². The highest BCUT2D eigenvalue weighted by molar-refractivity contribution is 6.31. The van der Waals surface area contributed by atoms with Crippen LogP contribution in [0.15, 0.2) is 54.7 Å². The van der Waals surface area contributed by atoms with Gasteiger partial charge < -0.3 is 9.67 Å². The minimum Gasteiger partial charge on any atom is -0.389 e. The van der Waals surface area contributed by atoms with Crippen LogP contribution >= 0.6 is 11.6 Å². The normalized spacial score (nSPS) is 12.8. The molecule has 3 aromatic rings. The second-order valence-electron chi connectivity index (χ2n) is 5.04. The van der Waals surface area contributed by atoms with E-state index in [1.165, 1.54) is 5.56 Å². The first-order valence-electron chi connectivity index (χ1n) is 6.65. The molecule has 102 valence electrons. The summed E-state index contributed by atoms with van der Waals surface area (Å²) in [6, 6.07) is 16.1. The summed E-state index contributed by atoms with van der Waals surface area (Å²) in [4.78, 5) is 0. The van der Waals surface area contributed by atoms with Gasteiger partial charge in [0.2, 0.25) is 0 Å². The highest BCUT2D eigenvalue weighted by Crippen LogP contribution is 2.29. The number of benzene rings is 2. The molecule has 0 aliphatic heterocycles. The predicted molar refractivity (Wildman–Crippen MR) is 83.1 cm³/mol. The molecule has 1 heterocycles. The zero-order chi connectivity index (χ0) is 14.1. The van der Waals surface area contributed by atoms with Crippen molar-refractivity contribution in [2.24, 2.45) is 0 Å². The first-order chi connectivity index (χ1) is 9.65. The highest BCUT2D eigenvalue weighted by Gasteiger charge is 2.12. The van der Waals surface area contributed by atoms with Gasteiger partial charge >= 0.3 is 0 Å². The maximum absolute atomic E-state index is 9.94. The molecular weight excluding hydrogens is 270 g/mol. The Bertz CT molecular complexity index is 731. The average molecular weight is 286 g/mol. The molecule has 1 atom stereocenters. The second kappa shape index (κ2) is 5.31. The van der Waals surface area contributed by atoms with E-state index in [-0.39, 0.29) is 0 Å². The minimum atomic E-state index is -0.506. The second-order valence-corrected chi connectivity index (χ2v) is 5.47. The van der Waals surface area contributed by atoms with E-state index in [1.807, 2.05) is 42.6 Å². The summed E-state index contributed by atoms with van der Waals surface area (Å²) < 4.78 is 2.16. The Balaban J connectivity index is 2.11. The van der Waals surface area contributed by atoms with Gasteiger partial charge in [0.05, 0.1) is 6.10 Å². The molecule has 0 bridgehead atoms. The summed E-state index contributed by atoms with van der Waals surface area (Å²) in [7, 11) is 0. The lowest BCUT2D eigenvalue weighted by Crippen LogP contribution is -1.97. The molecule has 1 N–H and O–H groups in total. The molecule has 0 amide bonds. The molecule has 1 unspecified atom stereocenters. The van der Waals surface area contributed by atoms with E-state index in [9.17, 15) is 5.11 Å². The number of hydrogen-bond donors (Lipinski definition) is 1. The zero-order valence-electron chi connectivity index (χ0n) is 11.3. The molecule has 0 saturated heterocycles. The van der Waals surface area contributed by atoms with Gasteiger partial charge in [-0.3, -0.25) is 0 Å². The Morgan fingerprint density at radius 2 is 1.90 bits per heavy atom. The average Bonchev–Trinajstić information content (AvgIpc) is 2.78. The zero-order valence-corrected chi connectivity index (χ0v) is 12.0. The van der Waals surface area contributed by atoms with Gasteiger partial charge in [0.25, 0.3) is 0 Å². The minimum absolute atomic E-state index is 0.506. The van der Waals surface area contributed by atoms with Crippen LogP contribution in [-0.2, 0) is 6.54 Å². The van der Waals surface area contributed by atoms with E-state index in [0.29, 0.717) is 5.02 Å². The summed E-state index contributed by atoms with van der Waals surface area (Å²) in [5, 5.41) is 11.6. The van der Waals surface area contributed by atoms with E-state index in [4.69, 9.17) is 11.6 Å². The van der Waals surface area contributed by atoms with Crippen molar-refractivity contribution in [2.45, 2.75) is 19.6 Å². The summed E-state index contributed by atoms with van der Waals surface area (Å²) in [5.74, 6) is 0. The maximum atomic E-state index is 9.94. The molecule has 2 aromatic carbocycles. The quantitative estimate of drug-likeness (QED) is 0.758. The van der Waals surface area contributed by atoms with Crippen molar-refractivity contribution in [2.75, 3.05) is 0 Å². The lowest BCUT2D eigenvalue weighted by atomic mass is 10.1. The van der Waals surface area contributed by atoms with E-state index in [1.54, 1.807) is 6.92 Å². The third-order valence-corrected chi connectivity index (χ3v) is 3.75. The van der Waals surface area contributed by atoms with Gasteiger partial charge in [0.15, 0.2) is 0 Å². The van der Waals surface area contributed by atoms with Crippen LogP contribution in [0.1, 0.15) is 24.2 Å². The van der Waals surface area contributed by atoms with Crippen molar-refractivity contribution < 1.29 is 5.11 Å². The van der Waals surface area contributed by atoms with Crippen molar-refractivity contribution in [1.82, 2.24) is 4.57 Å². The number of aromatic nitrogens is 1. The summed E-state index contributed by atoms with van der Waals surface area (Å²) >= 11 is 6.07. The van der Waals surface area contributed by atoms with Crippen LogP contribution in [0.5, 0.6) is 0 Å². The van der Waals surface area contributed by atoms with E-state index >= 15 is 0 Å². The van der Waals surface area contributed by atoms with Gasteiger partial charge in [-0.1, -0.05) is 41.9 Å². The molecule has 0 spiro atoms. The lowest BCUT2D eigenvalue weighted by molar-refractivity contribution is 0.200. The van der Waals surface area contributed by atoms with Crippen molar-refractivity contribution >= 4 is 22.5 Å². The Labute approximate surface area is 123 Å². The lowest BCUT2D eigenvalue weighted by Gasteiger charge is -2.05. The van der Waals surface area contributed by atoms with Crippen LogP contribution in [0.3, 0.4) is 0 Å². The van der Waals surface area contributed by atoms with Gasteiger partial charge in [0, 0.05) is 34.2 Å². The van der Waals surface area contributed by atoms with Gasteiger partial charge in [-0.05, 0) is 30.7 Å². The highest BCUT2D eigenvalue weighted by atomic mass is 35.5. The number of hydrogen-bond acceptors (Lipinski definition) is 1. The van der Waals surface area contributed by atoms with Crippen LogP contribution in [0, 0.1) is 0 Å². The molecule has 20 heavy (non-hydrogen) atoms. The van der Waals surface area contributed by atoms with Crippen LogP contribution in [-0.4, -0.2) is 9.67 Å². The molecule has 3 heteroatoms. The molecular formula is C17H16ClNO. The first-order valence-corrected chi connectivity index (χ1v) is 7.03. The van der Waals surface area contributed by atoms with Crippen molar-refractivity contribution in [3.05, 3.63) is 70.9 Å². The number of aliphatic hydroxyl groups is 1. The standard InChI is InChI=1S/C17H16ClNO/c1-12(20)16-11-19(10-13-5-3-2-4-6-13)17-8-7-14(18)9-15(16)17/h2-9,11-12,20H,10H2,1H3. The number of aliphatic hydroxyl groups excluding tert-OH is 1. The van der Waals surface area contributed by atoms with Crippen LogP contribution in [0.2, 0.25) is 5.02 Å². The Morgan fingerprint density at radius 3 is 2.60 bits per heavy atom. The molecule has 0 aliphatic carbocycles. The molecule has 3 rings (SSSR count). The van der Waals surface area contributed by atoms with Crippen LogP contribution in [0.25, 0.3) is 10.9 Å². The molecule has 0 aliphatic rings. The molecule has 1 aromatic heterocycles. The summed E-state index contributed by atoms with van der Waals surface area (Å²) in [6.07, 6.45) is 1.51. The summed E-state index contributed by atoms with van der Waals surface area (Å²) in [5.41, 5.74) is 3.24. The first kappa shape index (κ1) is 13.2. The SMILES string of the molecule is CC(O)c1cn(Cc2ccccc2)c2ccc(Cl)cc12. The third kappa shape index (κ3) is 2.45. The topological polar surface area (TPSA) is 25.2 Å². The predicted octanol–water partition coefficient (Wildman–Crippen LogP) is 4.40. The molecule has 0 saturated carbocycles. The fourth-order valence-corrected chi connectivity index (χ4v) is 2.71. The Kier molecular flexibility index (Phi) is 3.51. The fourth-order valence-electron chi connectivity index (χ4n) is 2.54.